The van der Waals surface area contributed by atoms with Crippen LogP contribution in [0.25, 0.3) is 11.0 Å². The molecule has 0 radical (unpaired) electrons. The van der Waals surface area contributed by atoms with E-state index in [1.54, 1.807) is 17.6 Å². The van der Waals surface area contributed by atoms with Crippen molar-refractivity contribution in [3.63, 3.8) is 0 Å². The number of pyridine rings is 1. The molecule has 0 amide bonds. The fourth-order valence-electron chi connectivity index (χ4n) is 6.61. The predicted molar refractivity (Wildman–Crippen MR) is 147 cm³/mol. The van der Waals surface area contributed by atoms with Gasteiger partial charge in [-0.2, -0.15) is 5.26 Å². The molecule has 2 fully saturated rings. The molecule has 4 heterocycles. The lowest BCUT2D eigenvalue weighted by molar-refractivity contribution is -0.0288. The van der Waals surface area contributed by atoms with Gasteiger partial charge in [-0.15, -0.1) is 0 Å². The molecule has 0 unspecified atom stereocenters. The number of anilines is 1. The highest BCUT2D eigenvalue weighted by atomic mass is 19.3. The van der Waals surface area contributed by atoms with Gasteiger partial charge in [0.1, 0.15) is 23.6 Å². The van der Waals surface area contributed by atoms with Crippen molar-refractivity contribution in [3.8, 4) is 6.07 Å². The van der Waals surface area contributed by atoms with Crippen molar-refractivity contribution in [2.45, 2.75) is 95.1 Å². The lowest BCUT2D eigenvalue weighted by Gasteiger charge is -2.36. The molecule has 6 nitrogen and oxygen atoms in total. The average Bonchev–Trinajstić information content (AvgIpc) is 3.70. The Balaban J connectivity index is 1.44. The lowest BCUT2D eigenvalue weighted by Crippen LogP contribution is -2.29. The van der Waals surface area contributed by atoms with E-state index in [1.807, 2.05) is 0 Å². The van der Waals surface area contributed by atoms with Crippen molar-refractivity contribution in [2.24, 2.45) is 11.8 Å². The smallest absolute Gasteiger partial charge is 0.276 e. The topological polar surface area (TPSA) is 83.6 Å². The molecule has 7 rings (SSSR count). The highest BCUT2D eigenvalue weighted by Gasteiger charge is 2.47. The summed E-state index contributed by atoms with van der Waals surface area (Å²) in [5.41, 5.74) is -0.586. The number of hydrogen-bond donors (Lipinski definition) is 1. The standard InChI is InChI=1S/C31H34F3N5O/c1-19-22-7-5-8-24(26(22)32)31(33,34)10-9-21-14-20(15-21)6-3-2-4-13-39-28-23(27(38-19)36-18-37-28)16-25(29(39)40)30(17-35)11-12-30/h5,7-8,16,18-21H,2-4,6,9-15H2,1H3,(H,36,37,38)/t19-,20?,21?/m1/s1. The molecule has 2 aliphatic heterocycles. The number of aryl methyl sites for hydroxylation is 1. The maximum absolute atomic E-state index is 15.6. The molecule has 0 saturated heterocycles. The van der Waals surface area contributed by atoms with Gasteiger partial charge in [0.05, 0.1) is 28.5 Å². The quantitative estimate of drug-likeness (QED) is 0.349. The minimum Gasteiger partial charge on any atom is -0.363 e. The van der Waals surface area contributed by atoms with Crippen molar-refractivity contribution in [3.05, 3.63) is 63.5 Å². The first-order valence-electron chi connectivity index (χ1n) is 14.5. The Labute approximate surface area is 231 Å². The van der Waals surface area contributed by atoms with Crippen molar-refractivity contribution < 1.29 is 13.2 Å². The molecule has 0 spiro atoms. The summed E-state index contributed by atoms with van der Waals surface area (Å²) in [5.74, 6) is -2.99. The summed E-state index contributed by atoms with van der Waals surface area (Å²) in [7, 11) is 0. The SMILES string of the molecule is C[C@H]1Nc2ncnc3c2cc(C2(C#N)CC2)c(=O)n3CCCCCC2CC(CCC(F)(F)c3cccc1c3F)C2. The van der Waals surface area contributed by atoms with Crippen LogP contribution in [-0.2, 0) is 17.9 Å². The first kappa shape index (κ1) is 26.8. The number of fused-ring (bicyclic) bond motifs is 7. The Kier molecular flexibility index (Phi) is 6.84. The fraction of sp³-hybridized carbons (Fsp3) is 0.548. The van der Waals surface area contributed by atoms with Crippen LogP contribution < -0.4 is 10.9 Å². The van der Waals surface area contributed by atoms with E-state index in [-0.39, 0.29) is 23.5 Å². The molecular formula is C31H34F3N5O. The van der Waals surface area contributed by atoms with Crippen LogP contribution >= 0.6 is 0 Å². The number of nitriles is 1. The lowest BCUT2D eigenvalue weighted by atomic mass is 9.70. The number of alkyl halides is 2. The number of nitrogens with zero attached hydrogens (tertiary/aromatic N) is 4. The van der Waals surface area contributed by atoms with E-state index in [1.165, 1.54) is 24.5 Å². The molecule has 40 heavy (non-hydrogen) atoms. The van der Waals surface area contributed by atoms with Gasteiger partial charge < -0.3 is 5.32 Å². The summed E-state index contributed by atoms with van der Waals surface area (Å²) in [4.78, 5) is 22.5. The zero-order valence-corrected chi connectivity index (χ0v) is 22.7. The van der Waals surface area contributed by atoms with Crippen molar-refractivity contribution >= 4 is 16.9 Å². The van der Waals surface area contributed by atoms with Gasteiger partial charge in [-0.3, -0.25) is 9.36 Å². The van der Waals surface area contributed by atoms with Crippen molar-refractivity contribution in [2.75, 3.05) is 5.32 Å². The average molecular weight is 550 g/mol. The fourth-order valence-corrected chi connectivity index (χ4v) is 6.61. The molecule has 1 aromatic carbocycles. The maximum atomic E-state index is 15.6. The second-order valence-corrected chi connectivity index (χ2v) is 12.0. The molecule has 1 N–H and O–H groups in total. The van der Waals surface area contributed by atoms with Crippen LogP contribution in [0.1, 0.15) is 93.9 Å². The van der Waals surface area contributed by atoms with Gasteiger partial charge in [0.15, 0.2) is 0 Å². The van der Waals surface area contributed by atoms with E-state index in [4.69, 9.17) is 0 Å². The van der Waals surface area contributed by atoms with Gasteiger partial charge in [0, 0.05) is 24.1 Å². The summed E-state index contributed by atoms with van der Waals surface area (Å²) in [6, 6.07) is 7.50. The second kappa shape index (κ2) is 10.2. The van der Waals surface area contributed by atoms with Gasteiger partial charge in [-0.05, 0) is 63.4 Å². The Morgan fingerprint density at radius 2 is 1.82 bits per heavy atom. The molecule has 1 atom stereocenters. The van der Waals surface area contributed by atoms with Crippen molar-refractivity contribution in [1.29, 1.82) is 5.26 Å². The molecule has 3 aromatic rings. The van der Waals surface area contributed by atoms with Gasteiger partial charge in [0.2, 0.25) is 0 Å². The Morgan fingerprint density at radius 3 is 2.58 bits per heavy atom. The third kappa shape index (κ3) is 4.76. The van der Waals surface area contributed by atoms with Gasteiger partial charge in [-0.25, -0.2) is 23.1 Å². The molecule has 4 aliphatic rings. The van der Waals surface area contributed by atoms with E-state index < -0.39 is 28.8 Å². The number of benzene rings is 1. The zero-order chi connectivity index (χ0) is 28.1. The maximum Gasteiger partial charge on any atom is 0.276 e. The van der Waals surface area contributed by atoms with Crippen LogP contribution in [0.4, 0.5) is 19.0 Å². The van der Waals surface area contributed by atoms with Crippen LogP contribution in [0.3, 0.4) is 0 Å². The Bertz CT molecular complexity index is 1530. The highest BCUT2D eigenvalue weighted by Crippen LogP contribution is 2.47. The number of nitrogens with one attached hydrogen (secondary N) is 1. The van der Waals surface area contributed by atoms with Crippen LogP contribution in [0.5, 0.6) is 0 Å². The summed E-state index contributed by atoms with van der Waals surface area (Å²) in [6.07, 6.45) is 8.31. The molecule has 2 saturated carbocycles. The van der Waals surface area contributed by atoms with E-state index in [9.17, 15) is 10.1 Å². The number of rotatable bonds is 1. The van der Waals surface area contributed by atoms with Gasteiger partial charge >= 0.3 is 0 Å². The predicted octanol–water partition coefficient (Wildman–Crippen LogP) is 7.13. The molecule has 210 valence electrons. The molecule has 9 heteroatoms. The highest BCUT2D eigenvalue weighted by molar-refractivity contribution is 5.87. The number of aromatic nitrogens is 3. The third-order valence-corrected chi connectivity index (χ3v) is 9.30. The number of halogens is 3. The minimum absolute atomic E-state index is 0.117. The van der Waals surface area contributed by atoms with Crippen LogP contribution in [0.2, 0.25) is 0 Å². The first-order valence-corrected chi connectivity index (χ1v) is 14.5. The van der Waals surface area contributed by atoms with Crippen molar-refractivity contribution in [1.82, 2.24) is 14.5 Å². The normalized spacial score (nSPS) is 25.8. The zero-order valence-electron chi connectivity index (χ0n) is 22.7. The van der Waals surface area contributed by atoms with E-state index in [0.29, 0.717) is 54.1 Å². The van der Waals surface area contributed by atoms with E-state index >= 15 is 13.2 Å². The first-order chi connectivity index (χ1) is 19.2. The Morgan fingerprint density at radius 1 is 1.05 bits per heavy atom. The van der Waals surface area contributed by atoms with Crippen LogP contribution in [0, 0.1) is 29.0 Å². The summed E-state index contributed by atoms with van der Waals surface area (Å²) in [5, 5.41) is 13.6. The number of hydrogen-bond acceptors (Lipinski definition) is 5. The second-order valence-electron chi connectivity index (χ2n) is 12.0. The van der Waals surface area contributed by atoms with Gasteiger partial charge in [-0.1, -0.05) is 37.5 Å². The third-order valence-electron chi connectivity index (χ3n) is 9.30. The largest absolute Gasteiger partial charge is 0.363 e. The molecule has 2 aliphatic carbocycles. The summed E-state index contributed by atoms with van der Waals surface area (Å²) < 4.78 is 47.8. The van der Waals surface area contributed by atoms with Crippen LogP contribution in [-0.4, -0.2) is 14.5 Å². The molecule has 2 aromatic heterocycles. The van der Waals surface area contributed by atoms with Crippen LogP contribution in [0.15, 0.2) is 35.4 Å². The van der Waals surface area contributed by atoms with Gasteiger partial charge in [0.25, 0.3) is 11.5 Å². The van der Waals surface area contributed by atoms with E-state index in [0.717, 1.165) is 38.5 Å². The monoisotopic (exact) mass is 549 g/mol. The summed E-state index contributed by atoms with van der Waals surface area (Å²) >= 11 is 0. The molecular weight excluding hydrogens is 515 g/mol. The summed E-state index contributed by atoms with van der Waals surface area (Å²) in [6.45, 7) is 2.18. The Hall–Kier alpha value is -3.41. The van der Waals surface area contributed by atoms with E-state index in [2.05, 4.69) is 21.4 Å². The molecule has 8 bridgehead atoms. The minimum atomic E-state index is -3.26.